The average molecular weight is 383 g/mol. The van der Waals surface area contributed by atoms with Crippen LogP contribution in [0.25, 0.3) is 0 Å². The Hall–Kier alpha value is -3.16. The average Bonchev–Trinajstić information content (AvgIpc) is 2.74. The van der Waals surface area contributed by atoms with Gasteiger partial charge in [-0.15, -0.1) is 0 Å². The van der Waals surface area contributed by atoms with Crippen molar-refractivity contribution in [3.05, 3.63) is 47.8 Å². The van der Waals surface area contributed by atoms with Crippen LogP contribution in [0.2, 0.25) is 0 Å². The van der Waals surface area contributed by atoms with E-state index in [0.717, 1.165) is 11.3 Å². The largest absolute Gasteiger partial charge is 0.497 e. The fourth-order valence-electron chi connectivity index (χ4n) is 3.09. The number of nitrogens with zero attached hydrogens (tertiary/aromatic N) is 4. The Kier molecular flexibility index (Phi) is 6.41. The molecule has 0 spiro atoms. The highest BCUT2D eigenvalue weighted by Crippen LogP contribution is 2.13. The molecular formula is C20H25N5O3. The minimum absolute atomic E-state index is 0.0738. The van der Waals surface area contributed by atoms with E-state index in [0.29, 0.717) is 50.8 Å². The molecule has 1 fully saturated rings. The van der Waals surface area contributed by atoms with Gasteiger partial charge in [-0.2, -0.15) is 0 Å². The molecule has 3 rings (SSSR count). The van der Waals surface area contributed by atoms with Crippen molar-refractivity contribution in [2.75, 3.05) is 44.7 Å². The summed E-state index contributed by atoms with van der Waals surface area (Å²) in [5.41, 5.74) is 1.43. The highest BCUT2D eigenvalue weighted by Gasteiger charge is 2.21. The minimum Gasteiger partial charge on any atom is -0.497 e. The number of nitrogens with one attached hydrogen (secondary N) is 1. The number of ether oxygens (including phenoxy) is 1. The van der Waals surface area contributed by atoms with Crippen LogP contribution in [0.5, 0.6) is 5.75 Å². The zero-order chi connectivity index (χ0) is 19.9. The predicted molar refractivity (Wildman–Crippen MR) is 106 cm³/mol. The molecular weight excluding hydrogens is 358 g/mol. The van der Waals surface area contributed by atoms with Gasteiger partial charge < -0.3 is 19.9 Å². The Balaban J connectivity index is 1.54. The van der Waals surface area contributed by atoms with Gasteiger partial charge in [-0.3, -0.25) is 9.59 Å². The van der Waals surface area contributed by atoms with Gasteiger partial charge in [-0.05, 0) is 30.2 Å². The summed E-state index contributed by atoms with van der Waals surface area (Å²) in [6.07, 6.45) is 2.30. The Labute approximate surface area is 164 Å². The van der Waals surface area contributed by atoms with Crippen molar-refractivity contribution in [1.82, 2.24) is 20.2 Å². The molecule has 0 bridgehead atoms. The molecule has 2 heterocycles. The van der Waals surface area contributed by atoms with Crippen molar-refractivity contribution < 1.29 is 14.3 Å². The third-order valence-corrected chi connectivity index (χ3v) is 4.72. The van der Waals surface area contributed by atoms with Gasteiger partial charge in [0.15, 0.2) is 0 Å². The van der Waals surface area contributed by atoms with Gasteiger partial charge in [-0.25, -0.2) is 9.97 Å². The number of benzene rings is 1. The van der Waals surface area contributed by atoms with Crippen LogP contribution in [0, 0.1) is 0 Å². The van der Waals surface area contributed by atoms with E-state index in [4.69, 9.17) is 4.74 Å². The molecule has 0 saturated carbocycles. The molecule has 28 heavy (non-hydrogen) atoms. The standard InChI is InChI=1S/C20H25N5O3/c1-15(26)24-10-12-25(13-11-24)20-22-9-7-18(23-20)19(27)21-8-6-16-4-3-5-17(14-16)28-2/h3-5,7,9,14H,6,8,10-13H2,1-2H3,(H,21,27). The monoisotopic (exact) mass is 383 g/mol. The van der Waals surface area contributed by atoms with Gasteiger partial charge >= 0.3 is 0 Å². The molecule has 1 aromatic heterocycles. The fraction of sp³-hybridized carbons (Fsp3) is 0.400. The number of hydrogen-bond acceptors (Lipinski definition) is 6. The zero-order valence-electron chi connectivity index (χ0n) is 16.2. The molecule has 0 atom stereocenters. The molecule has 2 aromatic rings. The second kappa shape index (κ2) is 9.16. The van der Waals surface area contributed by atoms with Crippen LogP contribution in [0.15, 0.2) is 36.5 Å². The topological polar surface area (TPSA) is 87.7 Å². The third-order valence-electron chi connectivity index (χ3n) is 4.72. The summed E-state index contributed by atoms with van der Waals surface area (Å²) in [5.74, 6) is 1.16. The molecule has 0 unspecified atom stereocenters. The first-order chi connectivity index (χ1) is 13.6. The number of rotatable bonds is 6. The second-order valence-electron chi connectivity index (χ2n) is 6.59. The van der Waals surface area contributed by atoms with E-state index in [1.807, 2.05) is 29.2 Å². The molecule has 1 saturated heterocycles. The maximum Gasteiger partial charge on any atom is 0.270 e. The first-order valence-electron chi connectivity index (χ1n) is 9.31. The van der Waals surface area contributed by atoms with Gasteiger partial charge in [0, 0.05) is 45.8 Å². The van der Waals surface area contributed by atoms with Crippen LogP contribution in [0.3, 0.4) is 0 Å². The first kappa shape index (κ1) is 19.6. The third kappa shape index (κ3) is 4.97. The molecule has 2 amide bonds. The highest BCUT2D eigenvalue weighted by atomic mass is 16.5. The Morgan fingerprint density at radius 3 is 2.68 bits per heavy atom. The van der Waals surface area contributed by atoms with Gasteiger partial charge in [0.2, 0.25) is 11.9 Å². The lowest BCUT2D eigenvalue weighted by Gasteiger charge is -2.34. The van der Waals surface area contributed by atoms with E-state index < -0.39 is 0 Å². The first-order valence-corrected chi connectivity index (χ1v) is 9.31. The molecule has 0 aliphatic carbocycles. The van der Waals surface area contributed by atoms with Gasteiger partial charge in [0.05, 0.1) is 7.11 Å². The van der Waals surface area contributed by atoms with E-state index in [1.165, 1.54) is 0 Å². The van der Waals surface area contributed by atoms with E-state index in [2.05, 4.69) is 15.3 Å². The Morgan fingerprint density at radius 2 is 1.96 bits per heavy atom. The van der Waals surface area contributed by atoms with Crippen molar-refractivity contribution in [2.45, 2.75) is 13.3 Å². The van der Waals surface area contributed by atoms with Gasteiger partial charge in [0.25, 0.3) is 5.91 Å². The van der Waals surface area contributed by atoms with Crippen LogP contribution in [-0.4, -0.2) is 66.5 Å². The van der Waals surface area contributed by atoms with E-state index in [-0.39, 0.29) is 11.8 Å². The molecule has 8 nitrogen and oxygen atoms in total. The van der Waals surface area contributed by atoms with Crippen LogP contribution in [-0.2, 0) is 11.2 Å². The summed E-state index contributed by atoms with van der Waals surface area (Å²) in [7, 11) is 1.63. The molecule has 1 aliphatic rings. The predicted octanol–water partition coefficient (Wildman–Crippen LogP) is 1.13. The van der Waals surface area contributed by atoms with Crippen LogP contribution in [0.1, 0.15) is 23.0 Å². The number of anilines is 1. The van der Waals surface area contributed by atoms with Crippen molar-refractivity contribution in [2.24, 2.45) is 0 Å². The van der Waals surface area contributed by atoms with Crippen molar-refractivity contribution >= 4 is 17.8 Å². The van der Waals surface area contributed by atoms with Gasteiger partial charge in [-0.1, -0.05) is 12.1 Å². The quantitative estimate of drug-likeness (QED) is 0.805. The second-order valence-corrected chi connectivity index (χ2v) is 6.59. The molecule has 1 aromatic carbocycles. The lowest BCUT2D eigenvalue weighted by Crippen LogP contribution is -2.48. The summed E-state index contributed by atoms with van der Waals surface area (Å²) in [5, 5.41) is 2.90. The zero-order valence-corrected chi connectivity index (χ0v) is 16.2. The van der Waals surface area contributed by atoms with Gasteiger partial charge in [0.1, 0.15) is 11.4 Å². The Bertz CT molecular complexity index is 834. The minimum atomic E-state index is -0.228. The molecule has 8 heteroatoms. The lowest BCUT2D eigenvalue weighted by molar-refractivity contribution is -0.129. The summed E-state index contributed by atoms with van der Waals surface area (Å²) < 4.78 is 5.21. The summed E-state index contributed by atoms with van der Waals surface area (Å²) in [4.78, 5) is 36.3. The van der Waals surface area contributed by atoms with Crippen LogP contribution in [0.4, 0.5) is 5.95 Å². The number of methoxy groups -OCH3 is 1. The lowest BCUT2D eigenvalue weighted by atomic mass is 10.1. The number of aromatic nitrogens is 2. The maximum atomic E-state index is 12.4. The van der Waals surface area contributed by atoms with E-state index >= 15 is 0 Å². The summed E-state index contributed by atoms with van der Waals surface area (Å²) in [6.45, 7) is 4.65. The molecule has 0 radical (unpaired) electrons. The summed E-state index contributed by atoms with van der Waals surface area (Å²) in [6, 6.07) is 9.38. The van der Waals surface area contributed by atoms with Crippen LogP contribution < -0.4 is 15.0 Å². The SMILES string of the molecule is COc1cccc(CCNC(=O)c2ccnc(N3CCN(C(C)=O)CC3)n2)c1. The summed E-state index contributed by atoms with van der Waals surface area (Å²) >= 11 is 0. The van der Waals surface area contributed by atoms with Crippen molar-refractivity contribution in [3.8, 4) is 5.75 Å². The smallest absolute Gasteiger partial charge is 0.270 e. The molecule has 1 aliphatic heterocycles. The number of amides is 2. The van der Waals surface area contributed by atoms with Crippen LogP contribution >= 0.6 is 0 Å². The fourth-order valence-corrected chi connectivity index (χ4v) is 3.09. The molecule has 1 N–H and O–H groups in total. The van der Waals surface area contributed by atoms with E-state index in [9.17, 15) is 9.59 Å². The number of piperazine rings is 1. The number of carbonyl (C=O) groups excluding carboxylic acids is 2. The van der Waals surface area contributed by atoms with E-state index in [1.54, 1.807) is 31.2 Å². The molecule has 148 valence electrons. The normalized spacial score (nSPS) is 13.9. The number of hydrogen-bond donors (Lipinski definition) is 1. The highest BCUT2D eigenvalue weighted by molar-refractivity contribution is 5.92. The Morgan fingerprint density at radius 1 is 1.18 bits per heavy atom. The maximum absolute atomic E-state index is 12.4. The number of carbonyl (C=O) groups is 2. The van der Waals surface area contributed by atoms with Crippen molar-refractivity contribution in [1.29, 1.82) is 0 Å². The van der Waals surface area contributed by atoms with Crippen molar-refractivity contribution in [3.63, 3.8) is 0 Å².